The number of sulfone groups is 1. The Bertz CT molecular complexity index is 1060. The van der Waals surface area contributed by atoms with Crippen molar-refractivity contribution in [2.75, 3.05) is 22.6 Å². The van der Waals surface area contributed by atoms with Gasteiger partial charge in [-0.2, -0.15) is 0 Å². The molecule has 2 aliphatic rings. The van der Waals surface area contributed by atoms with Crippen molar-refractivity contribution in [3.05, 3.63) is 59.2 Å². The molecule has 1 spiro atoms. The first-order chi connectivity index (χ1) is 12.2. The predicted octanol–water partition coefficient (Wildman–Crippen LogP) is 1.89. The summed E-state index contributed by atoms with van der Waals surface area (Å²) < 4.78 is 26.3. The van der Waals surface area contributed by atoms with Crippen LogP contribution in [0.3, 0.4) is 0 Å². The van der Waals surface area contributed by atoms with Crippen molar-refractivity contribution >= 4 is 33.0 Å². The Morgan fingerprint density at radius 1 is 1.00 bits per heavy atom. The van der Waals surface area contributed by atoms with Crippen LogP contribution in [0.4, 0.5) is 11.4 Å². The van der Waals surface area contributed by atoms with Crippen LogP contribution in [0.2, 0.25) is 0 Å². The fraction of sp³-hybridized carbons (Fsp3) is 0.263. The number of fused-ring (bicyclic) bond motifs is 2. The van der Waals surface area contributed by atoms with Crippen molar-refractivity contribution in [1.29, 1.82) is 0 Å². The van der Waals surface area contributed by atoms with E-state index in [0.717, 1.165) is 11.1 Å². The summed E-state index contributed by atoms with van der Waals surface area (Å²) in [4.78, 5) is 26.5. The van der Waals surface area contributed by atoms with Gasteiger partial charge in [0.15, 0.2) is 9.84 Å². The molecule has 6 nitrogen and oxygen atoms in total. The molecule has 0 N–H and O–H groups in total. The Morgan fingerprint density at radius 2 is 1.62 bits per heavy atom. The van der Waals surface area contributed by atoms with Crippen molar-refractivity contribution in [2.24, 2.45) is 0 Å². The van der Waals surface area contributed by atoms with Crippen molar-refractivity contribution in [3.63, 3.8) is 0 Å². The molecule has 2 amide bonds. The zero-order chi connectivity index (χ0) is 18.9. The lowest BCUT2D eigenvalue weighted by Crippen LogP contribution is -2.53. The van der Waals surface area contributed by atoms with Gasteiger partial charge < -0.3 is 4.90 Å². The first-order valence-electron chi connectivity index (χ1n) is 8.21. The Morgan fingerprint density at radius 3 is 2.27 bits per heavy atom. The summed E-state index contributed by atoms with van der Waals surface area (Å²) in [6.45, 7) is 3.74. The Balaban J connectivity index is 2.10. The molecule has 0 radical (unpaired) electrons. The Hall–Kier alpha value is -2.67. The predicted molar refractivity (Wildman–Crippen MR) is 98.7 cm³/mol. The second-order valence-electron chi connectivity index (χ2n) is 6.86. The number of carbonyl (C=O) groups excluding carboxylic acids is 2. The highest BCUT2D eigenvalue weighted by molar-refractivity contribution is 7.94. The van der Waals surface area contributed by atoms with Gasteiger partial charge in [0, 0.05) is 18.3 Å². The van der Waals surface area contributed by atoms with Gasteiger partial charge in [-0.15, -0.1) is 0 Å². The van der Waals surface area contributed by atoms with Crippen LogP contribution < -0.4 is 9.80 Å². The topological polar surface area (TPSA) is 74.8 Å². The molecule has 2 aliphatic heterocycles. The van der Waals surface area contributed by atoms with E-state index in [0.29, 0.717) is 16.9 Å². The van der Waals surface area contributed by atoms with Gasteiger partial charge in [0.25, 0.3) is 10.8 Å². The van der Waals surface area contributed by atoms with E-state index in [2.05, 4.69) is 0 Å². The molecule has 1 atom stereocenters. The standard InChI is InChI=1S/C19H18N2O4S/c1-12-8-13(2)10-14(9-12)21-17(22)11-26(24,25)19(21)15-6-4-5-7-16(15)20(3)18(19)23/h4-10H,11H2,1-3H3/t19-/m1/s1. The third-order valence-corrected chi connectivity index (χ3v) is 7.12. The number of likely N-dealkylation sites (N-methyl/N-ethyl adjacent to an activating group) is 1. The van der Waals surface area contributed by atoms with E-state index in [1.165, 1.54) is 16.8 Å². The van der Waals surface area contributed by atoms with Crippen molar-refractivity contribution in [3.8, 4) is 0 Å². The van der Waals surface area contributed by atoms with Gasteiger partial charge in [-0.25, -0.2) is 8.42 Å². The number of hydrogen-bond donors (Lipinski definition) is 0. The minimum atomic E-state index is -4.07. The fourth-order valence-electron chi connectivity index (χ4n) is 4.07. The number of amides is 2. The smallest absolute Gasteiger partial charge is 0.273 e. The second kappa shape index (κ2) is 5.17. The second-order valence-corrected chi connectivity index (χ2v) is 8.97. The molecule has 0 unspecified atom stereocenters. The highest BCUT2D eigenvalue weighted by atomic mass is 32.2. The molecule has 1 fully saturated rings. The van der Waals surface area contributed by atoms with Gasteiger partial charge in [-0.1, -0.05) is 24.3 Å². The number of aryl methyl sites for hydroxylation is 2. The van der Waals surface area contributed by atoms with Gasteiger partial charge >= 0.3 is 0 Å². The third kappa shape index (κ3) is 1.89. The summed E-state index contributed by atoms with van der Waals surface area (Å²) >= 11 is 0. The van der Waals surface area contributed by atoms with Crippen LogP contribution in [-0.4, -0.2) is 33.0 Å². The molecule has 2 aromatic rings. The largest absolute Gasteiger partial charge is 0.312 e. The van der Waals surface area contributed by atoms with E-state index >= 15 is 0 Å². The van der Waals surface area contributed by atoms with Gasteiger partial charge in [0.1, 0.15) is 5.75 Å². The molecule has 0 aliphatic carbocycles. The molecule has 0 bridgehead atoms. The minimum Gasteiger partial charge on any atom is -0.312 e. The molecule has 2 heterocycles. The summed E-state index contributed by atoms with van der Waals surface area (Å²) in [7, 11) is -2.53. The number of anilines is 2. The summed E-state index contributed by atoms with van der Waals surface area (Å²) in [6.07, 6.45) is 0. The highest BCUT2D eigenvalue weighted by Gasteiger charge is 2.69. The normalized spacial score (nSPS) is 23.8. The lowest BCUT2D eigenvalue weighted by atomic mass is 10.0. The minimum absolute atomic E-state index is 0.331. The molecule has 0 aromatic heterocycles. The van der Waals surface area contributed by atoms with Crippen LogP contribution in [0.1, 0.15) is 16.7 Å². The molecule has 4 rings (SSSR count). The number of nitrogens with zero attached hydrogens (tertiary/aromatic N) is 2. The van der Waals surface area contributed by atoms with Crippen LogP contribution in [0.5, 0.6) is 0 Å². The molecular weight excluding hydrogens is 352 g/mol. The summed E-state index contributed by atoms with van der Waals surface area (Å²) in [5, 5.41) is 0. The number of benzene rings is 2. The maximum absolute atomic E-state index is 13.3. The SMILES string of the molecule is Cc1cc(C)cc(N2C(=O)CS(=O)(=O)[C@]23C(=O)N(C)c2ccccc23)c1. The monoisotopic (exact) mass is 370 g/mol. The van der Waals surface area contributed by atoms with Crippen molar-refractivity contribution in [1.82, 2.24) is 0 Å². The molecule has 0 saturated carbocycles. The zero-order valence-corrected chi connectivity index (χ0v) is 15.5. The number of hydrogen-bond acceptors (Lipinski definition) is 4. The van der Waals surface area contributed by atoms with Crippen LogP contribution in [0, 0.1) is 13.8 Å². The quantitative estimate of drug-likeness (QED) is 0.768. The van der Waals surface area contributed by atoms with E-state index in [1.807, 2.05) is 19.9 Å². The molecule has 2 aromatic carbocycles. The van der Waals surface area contributed by atoms with E-state index in [1.54, 1.807) is 36.4 Å². The van der Waals surface area contributed by atoms with Gasteiger partial charge in [-0.3, -0.25) is 14.5 Å². The molecule has 26 heavy (non-hydrogen) atoms. The number of rotatable bonds is 1. The first-order valence-corrected chi connectivity index (χ1v) is 9.86. The molecule has 7 heteroatoms. The average molecular weight is 370 g/mol. The summed E-state index contributed by atoms with van der Waals surface area (Å²) in [5.74, 6) is -1.90. The van der Waals surface area contributed by atoms with Crippen molar-refractivity contribution in [2.45, 2.75) is 18.7 Å². The highest BCUT2D eigenvalue weighted by Crippen LogP contribution is 2.52. The third-order valence-electron chi connectivity index (χ3n) is 5.02. The van der Waals surface area contributed by atoms with Crippen molar-refractivity contribution < 1.29 is 18.0 Å². The lowest BCUT2D eigenvalue weighted by Gasteiger charge is -2.32. The molecular formula is C19H18N2O4S. The molecule has 134 valence electrons. The van der Waals surface area contributed by atoms with Gasteiger partial charge in [-0.05, 0) is 43.2 Å². The lowest BCUT2D eigenvalue weighted by molar-refractivity contribution is -0.123. The van der Waals surface area contributed by atoms with Gasteiger partial charge in [0.2, 0.25) is 5.91 Å². The number of para-hydroxylation sites is 1. The average Bonchev–Trinajstić information content (AvgIpc) is 2.91. The van der Waals surface area contributed by atoms with E-state index in [4.69, 9.17) is 0 Å². The summed E-state index contributed by atoms with van der Waals surface area (Å²) in [6, 6.07) is 12.1. The first kappa shape index (κ1) is 16.8. The Labute approximate surface area is 151 Å². The van der Waals surface area contributed by atoms with Crippen LogP contribution in [0.15, 0.2) is 42.5 Å². The molecule has 1 saturated heterocycles. The summed E-state index contributed by atoms with van der Waals surface area (Å²) in [5.41, 5.74) is 3.04. The number of carbonyl (C=O) groups is 2. The van der Waals surface area contributed by atoms with E-state index in [-0.39, 0.29) is 0 Å². The van der Waals surface area contributed by atoms with Gasteiger partial charge in [0.05, 0.1) is 5.69 Å². The van der Waals surface area contributed by atoms with Crippen LogP contribution in [0.25, 0.3) is 0 Å². The Kier molecular flexibility index (Phi) is 3.34. The maximum Gasteiger partial charge on any atom is 0.273 e. The fourth-order valence-corrected chi connectivity index (χ4v) is 6.13. The van der Waals surface area contributed by atoms with E-state index < -0.39 is 32.3 Å². The van der Waals surface area contributed by atoms with Crippen LogP contribution in [-0.2, 0) is 24.3 Å². The maximum atomic E-state index is 13.3. The zero-order valence-electron chi connectivity index (χ0n) is 14.7. The van der Waals surface area contributed by atoms with E-state index in [9.17, 15) is 18.0 Å². The van der Waals surface area contributed by atoms with Crippen LogP contribution >= 0.6 is 0 Å².